The van der Waals surface area contributed by atoms with Crippen LogP contribution < -0.4 is 10.2 Å². The molecule has 0 bridgehead atoms. The molecule has 130 valence electrons. The van der Waals surface area contributed by atoms with Gasteiger partial charge in [-0.15, -0.1) is 0 Å². The molecule has 2 heterocycles. The zero-order valence-electron chi connectivity index (χ0n) is 15.0. The minimum absolute atomic E-state index is 0.184. The molecule has 4 rings (SSSR count). The number of amides is 1. The number of anilines is 3. The fourth-order valence-electron chi connectivity index (χ4n) is 3.48. The van der Waals surface area contributed by atoms with Crippen molar-refractivity contribution in [1.82, 2.24) is 4.98 Å². The molecule has 1 aromatic heterocycles. The van der Waals surface area contributed by atoms with Crippen molar-refractivity contribution < 1.29 is 4.79 Å². The molecule has 4 heteroatoms. The van der Waals surface area contributed by atoms with Crippen molar-refractivity contribution in [2.75, 3.05) is 16.8 Å². The lowest BCUT2D eigenvalue weighted by Gasteiger charge is -2.19. The van der Waals surface area contributed by atoms with E-state index in [9.17, 15) is 4.79 Å². The monoisotopic (exact) mass is 343 g/mol. The summed E-state index contributed by atoms with van der Waals surface area (Å²) in [6.45, 7) is 4.92. The minimum Gasteiger partial charge on any atom is -0.340 e. The molecule has 0 atom stereocenters. The van der Waals surface area contributed by atoms with Crippen LogP contribution in [0, 0.1) is 13.8 Å². The number of carbonyl (C=O) groups excluding carboxylic acids is 1. The average molecular weight is 343 g/mol. The summed E-state index contributed by atoms with van der Waals surface area (Å²) in [5.74, 6) is -0.184. The summed E-state index contributed by atoms with van der Waals surface area (Å²) in [4.78, 5) is 19.2. The van der Waals surface area contributed by atoms with Crippen molar-refractivity contribution in [2.24, 2.45) is 0 Å². The second-order valence-electron chi connectivity index (χ2n) is 6.65. The van der Waals surface area contributed by atoms with Crippen LogP contribution in [0.2, 0.25) is 0 Å². The quantitative estimate of drug-likeness (QED) is 0.753. The van der Waals surface area contributed by atoms with E-state index < -0.39 is 0 Å². The molecule has 3 aromatic rings. The van der Waals surface area contributed by atoms with E-state index in [1.807, 2.05) is 38.1 Å². The second-order valence-corrected chi connectivity index (χ2v) is 6.65. The highest BCUT2D eigenvalue weighted by Crippen LogP contribution is 2.33. The molecule has 2 aromatic carbocycles. The first kappa shape index (κ1) is 16.3. The molecule has 4 nitrogen and oxygen atoms in total. The van der Waals surface area contributed by atoms with Gasteiger partial charge in [0.15, 0.2) is 0 Å². The lowest BCUT2D eigenvalue weighted by Crippen LogP contribution is -2.17. The van der Waals surface area contributed by atoms with Crippen molar-refractivity contribution in [1.29, 1.82) is 0 Å². The number of carbonyl (C=O) groups is 1. The predicted molar refractivity (Wildman–Crippen MR) is 105 cm³/mol. The maximum Gasteiger partial charge on any atom is 0.274 e. The van der Waals surface area contributed by atoms with Crippen LogP contribution >= 0.6 is 0 Å². The third-order valence-electron chi connectivity index (χ3n) is 4.90. The summed E-state index contributed by atoms with van der Waals surface area (Å²) < 4.78 is 0. The third-order valence-corrected chi connectivity index (χ3v) is 4.90. The molecule has 0 fully saturated rings. The molecule has 0 saturated heterocycles. The highest BCUT2D eigenvalue weighted by molar-refractivity contribution is 6.03. The number of aromatic nitrogens is 1. The number of nitrogens with one attached hydrogen (secondary N) is 1. The van der Waals surface area contributed by atoms with Gasteiger partial charge < -0.3 is 10.2 Å². The van der Waals surface area contributed by atoms with Gasteiger partial charge in [0.25, 0.3) is 5.91 Å². The van der Waals surface area contributed by atoms with E-state index in [1.165, 1.54) is 11.3 Å². The van der Waals surface area contributed by atoms with Crippen LogP contribution in [0.5, 0.6) is 0 Å². The zero-order chi connectivity index (χ0) is 18.1. The van der Waals surface area contributed by atoms with Gasteiger partial charge in [-0.05, 0) is 55.2 Å². The van der Waals surface area contributed by atoms with Gasteiger partial charge in [-0.25, -0.2) is 4.98 Å². The van der Waals surface area contributed by atoms with Gasteiger partial charge in [-0.3, -0.25) is 4.79 Å². The second kappa shape index (κ2) is 6.64. The number of fused-ring (bicyclic) bond motifs is 1. The molecule has 1 amide bonds. The van der Waals surface area contributed by atoms with Crippen molar-refractivity contribution >= 4 is 23.0 Å². The van der Waals surface area contributed by atoms with Crippen molar-refractivity contribution in [2.45, 2.75) is 20.3 Å². The summed E-state index contributed by atoms with van der Waals surface area (Å²) in [7, 11) is 0. The largest absolute Gasteiger partial charge is 0.340 e. The lowest BCUT2D eigenvalue weighted by molar-refractivity contribution is 0.102. The Morgan fingerprint density at radius 2 is 1.77 bits per heavy atom. The van der Waals surface area contributed by atoms with Crippen LogP contribution in [0.3, 0.4) is 0 Å². The molecule has 0 radical (unpaired) electrons. The Labute approximate surface area is 153 Å². The van der Waals surface area contributed by atoms with Crippen LogP contribution in [-0.2, 0) is 6.42 Å². The number of para-hydroxylation sites is 2. The molecular formula is C22H21N3O. The van der Waals surface area contributed by atoms with Crippen LogP contribution in [0.1, 0.15) is 27.2 Å². The Morgan fingerprint density at radius 3 is 2.50 bits per heavy atom. The zero-order valence-corrected chi connectivity index (χ0v) is 15.0. The van der Waals surface area contributed by atoms with Gasteiger partial charge >= 0.3 is 0 Å². The van der Waals surface area contributed by atoms with Crippen molar-refractivity contribution in [3.05, 3.63) is 83.2 Å². The van der Waals surface area contributed by atoms with E-state index in [-0.39, 0.29) is 5.91 Å². The normalized spacial score (nSPS) is 12.8. The summed E-state index contributed by atoms with van der Waals surface area (Å²) in [6.07, 6.45) is 2.81. The summed E-state index contributed by atoms with van der Waals surface area (Å²) in [5.41, 5.74) is 6.96. The number of nitrogens with zero attached hydrogens (tertiary/aromatic N) is 2. The van der Waals surface area contributed by atoms with Gasteiger partial charge in [0, 0.05) is 17.9 Å². The van der Waals surface area contributed by atoms with E-state index in [0.717, 1.165) is 35.5 Å². The molecular weight excluding hydrogens is 322 g/mol. The van der Waals surface area contributed by atoms with E-state index in [1.54, 1.807) is 12.3 Å². The van der Waals surface area contributed by atoms with Crippen LogP contribution in [0.25, 0.3) is 0 Å². The average Bonchev–Trinajstić information content (AvgIpc) is 3.09. The Morgan fingerprint density at radius 1 is 1.00 bits per heavy atom. The van der Waals surface area contributed by atoms with E-state index in [4.69, 9.17) is 0 Å². The molecule has 1 N–H and O–H groups in total. The molecule has 0 aliphatic carbocycles. The van der Waals surface area contributed by atoms with Crippen LogP contribution in [-0.4, -0.2) is 17.4 Å². The first-order valence-electron chi connectivity index (χ1n) is 8.82. The molecule has 1 aliphatic heterocycles. The van der Waals surface area contributed by atoms with E-state index >= 15 is 0 Å². The Bertz CT molecular complexity index is 943. The van der Waals surface area contributed by atoms with Gasteiger partial charge in [0.1, 0.15) is 5.69 Å². The first-order valence-corrected chi connectivity index (χ1v) is 8.82. The number of rotatable bonds is 3. The maximum atomic E-state index is 12.6. The molecule has 26 heavy (non-hydrogen) atoms. The first-order chi connectivity index (χ1) is 12.6. The van der Waals surface area contributed by atoms with Gasteiger partial charge in [0.05, 0.1) is 11.9 Å². The number of benzene rings is 2. The third kappa shape index (κ3) is 2.94. The standard InChI is InChI=1S/C22H21N3O/c1-15-6-5-7-16(2)21(15)24-22(26)19-11-10-18(14-23-19)25-13-12-17-8-3-4-9-20(17)25/h3-11,14H,12-13H2,1-2H3,(H,24,26). The maximum absolute atomic E-state index is 12.6. The fraction of sp³-hybridized carbons (Fsp3) is 0.182. The minimum atomic E-state index is -0.184. The van der Waals surface area contributed by atoms with Gasteiger partial charge in [-0.1, -0.05) is 36.4 Å². The summed E-state index contributed by atoms with van der Waals surface area (Å²) in [6, 6.07) is 18.1. The smallest absolute Gasteiger partial charge is 0.274 e. The molecule has 0 unspecified atom stereocenters. The Balaban J connectivity index is 1.54. The number of hydrogen-bond acceptors (Lipinski definition) is 3. The molecule has 0 spiro atoms. The Hall–Kier alpha value is -3.14. The highest BCUT2D eigenvalue weighted by atomic mass is 16.1. The van der Waals surface area contributed by atoms with Gasteiger partial charge in [0.2, 0.25) is 0 Å². The van der Waals surface area contributed by atoms with Crippen LogP contribution in [0.4, 0.5) is 17.1 Å². The van der Waals surface area contributed by atoms with E-state index in [0.29, 0.717) is 5.69 Å². The number of hydrogen-bond donors (Lipinski definition) is 1. The van der Waals surface area contributed by atoms with Crippen molar-refractivity contribution in [3.8, 4) is 0 Å². The summed E-state index contributed by atoms with van der Waals surface area (Å²) >= 11 is 0. The number of pyridine rings is 1. The van der Waals surface area contributed by atoms with Crippen LogP contribution in [0.15, 0.2) is 60.8 Å². The lowest BCUT2D eigenvalue weighted by atomic mass is 10.1. The van der Waals surface area contributed by atoms with Gasteiger partial charge in [-0.2, -0.15) is 0 Å². The SMILES string of the molecule is Cc1cccc(C)c1NC(=O)c1ccc(N2CCc3ccccc32)cn1. The fourth-order valence-corrected chi connectivity index (χ4v) is 3.48. The predicted octanol–water partition coefficient (Wildman–Crippen LogP) is 4.64. The highest BCUT2D eigenvalue weighted by Gasteiger charge is 2.20. The molecule has 1 aliphatic rings. The van der Waals surface area contributed by atoms with E-state index in [2.05, 4.69) is 39.5 Å². The summed E-state index contributed by atoms with van der Waals surface area (Å²) in [5, 5.41) is 2.98. The molecule has 0 saturated carbocycles. The van der Waals surface area contributed by atoms with Crippen molar-refractivity contribution in [3.63, 3.8) is 0 Å². The Kier molecular flexibility index (Phi) is 4.17. The topological polar surface area (TPSA) is 45.2 Å². The number of aryl methyl sites for hydroxylation is 2.